The summed E-state index contributed by atoms with van der Waals surface area (Å²) < 4.78 is 0. The maximum atomic E-state index is 11.2. The van der Waals surface area contributed by atoms with E-state index in [0.717, 1.165) is 13.0 Å². The molecule has 0 aromatic heterocycles. The number of hydrogen-bond acceptors (Lipinski definition) is 1. The molecule has 0 aliphatic rings. The summed E-state index contributed by atoms with van der Waals surface area (Å²) in [4.78, 5) is 11.2. The van der Waals surface area contributed by atoms with Crippen molar-refractivity contribution in [2.45, 2.75) is 52.9 Å². The number of nitrogens with one attached hydrogen (secondary N) is 1. The average molecular weight is 187 g/mol. The van der Waals surface area contributed by atoms with Crippen molar-refractivity contribution in [3.05, 3.63) is 0 Å². The van der Waals surface area contributed by atoms with Gasteiger partial charge in [-0.05, 0) is 12.3 Å². The van der Waals surface area contributed by atoms with Crippen LogP contribution in [0.4, 0.5) is 0 Å². The third kappa shape index (κ3) is 9.38. The fourth-order valence-electron chi connectivity index (χ4n) is 1.22. The average Bonchev–Trinajstić information content (AvgIpc) is 2.02. The fraction of sp³-hybridized carbons (Fsp3) is 0.909. The molecule has 0 fully saturated rings. The van der Waals surface area contributed by atoms with Crippen LogP contribution >= 0.6 is 0 Å². The predicted octanol–water partition coefficient (Wildman–Crippen LogP) is 2.98. The smallest absolute Gasteiger partial charge is 0.220 e. The van der Waals surface area contributed by atoms with Gasteiger partial charge in [0.05, 0.1) is 0 Å². The molecule has 1 N–H and O–H groups in total. The van der Waals surface area contributed by atoms with Crippen molar-refractivity contribution in [3.63, 3.8) is 0 Å². The van der Waals surface area contributed by atoms with E-state index in [0.29, 0.717) is 12.3 Å². The first-order valence-electron chi connectivity index (χ1n) is 5.43. The maximum Gasteiger partial charge on any atom is 0.220 e. The minimum atomic E-state index is 0. The first-order valence-corrected chi connectivity index (χ1v) is 5.43. The zero-order chi connectivity index (χ0) is 10.1. The third-order valence-corrected chi connectivity index (χ3v) is 1.95. The second kappa shape index (κ2) is 8.09. The standard InChI is InChI=1S/C11H23NO.H2/c1-4-5-6-7-8-12-11(13)9-10(2)3;/h10H,4-9H2,1-3H3,(H,12,13);1H. The summed E-state index contributed by atoms with van der Waals surface area (Å²) in [5, 5.41) is 2.93. The highest BCUT2D eigenvalue weighted by Gasteiger charge is 2.02. The summed E-state index contributed by atoms with van der Waals surface area (Å²) in [6.07, 6.45) is 5.55. The van der Waals surface area contributed by atoms with Gasteiger partial charge in [-0.1, -0.05) is 40.0 Å². The Labute approximate surface area is 83.6 Å². The lowest BCUT2D eigenvalue weighted by atomic mass is 10.1. The zero-order valence-electron chi connectivity index (χ0n) is 9.23. The Hall–Kier alpha value is -0.530. The second-order valence-corrected chi connectivity index (χ2v) is 4.01. The highest BCUT2D eigenvalue weighted by molar-refractivity contribution is 5.75. The quantitative estimate of drug-likeness (QED) is 0.610. The van der Waals surface area contributed by atoms with Crippen molar-refractivity contribution in [1.29, 1.82) is 0 Å². The van der Waals surface area contributed by atoms with E-state index in [1.165, 1.54) is 19.3 Å². The molecule has 0 saturated carbocycles. The Balaban J connectivity index is 0. The SMILES string of the molecule is CCCCCCNC(=O)CC(C)C.[HH]. The van der Waals surface area contributed by atoms with Crippen LogP contribution < -0.4 is 5.32 Å². The minimum absolute atomic E-state index is 0. The maximum absolute atomic E-state index is 11.2. The molecule has 0 saturated heterocycles. The minimum Gasteiger partial charge on any atom is -0.356 e. The van der Waals surface area contributed by atoms with Crippen molar-refractivity contribution in [3.8, 4) is 0 Å². The third-order valence-electron chi connectivity index (χ3n) is 1.95. The fourth-order valence-corrected chi connectivity index (χ4v) is 1.22. The van der Waals surface area contributed by atoms with Gasteiger partial charge >= 0.3 is 0 Å². The van der Waals surface area contributed by atoms with Gasteiger partial charge in [-0.3, -0.25) is 4.79 Å². The summed E-state index contributed by atoms with van der Waals surface area (Å²) in [5.41, 5.74) is 0. The summed E-state index contributed by atoms with van der Waals surface area (Å²) >= 11 is 0. The Kier molecular flexibility index (Phi) is 7.76. The van der Waals surface area contributed by atoms with Gasteiger partial charge in [0.2, 0.25) is 5.91 Å². The molecule has 0 spiro atoms. The molecule has 2 nitrogen and oxygen atoms in total. The molecular formula is C11H25NO. The topological polar surface area (TPSA) is 29.1 Å². The molecule has 0 aromatic rings. The first-order chi connectivity index (χ1) is 6.16. The van der Waals surface area contributed by atoms with E-state index in [1.807, 2.05) is 0 Å². The molecule has 0 aliphatic carbocycles. The Bertz CT molecular complexity index is 137. The van der Waals surface area contributed by atoms with Crippen molar-refractivity contribution in [2.75, 3.05) is 6.54 Å². The molecule has 0 atom stereocenters. The molecule has 0 heterocycles. The van der Waals surface area contributed by atoms with Gasteiger partial charge in [-0.15, -0.1) is 0 Å². The lowest BCUT2D eigenvalue weighted by Crippen LogP contribution is -2.25. The van der Waals surface area contributed by atoms with Gasteiger partial charge in [0.15, 0.2) is 0 Å². The first kappa shape index (κ1) is 12.5. The van der Waals surface area contributed by atoms with Crippen LogP contribution in [0.3, 0.4) is 0 Å². The van der Waals surface area contributed by atoms with E-state index in [4.69, 9.17) is 0 Å². The normalized spacial score (nSPS) is 10.5. The molecule has 1 amide bonds. The molecule has 0 aliphatic heterocycles. The van der Waals surface area contributed by atoms with Crippen LogP contribution in [-0.4, -0.2) is 12.5 Å². The van der Waals surface area contributed by atoms with Crippen LogP contribution in [-0.2, 0) is 4.79 Å². The van der Waals surface area contributed by atoms with Crippen LogP contribution in [0.5, 0.6) is 0 Å². The van der Waals surface area contributed by atoms with E-state index in [1.54, 1.807) is 0 Å². The van der Waals surface area contributed by atoms with Crippen molar-refractivity contribution < 1.29 is 6.22 Å². The van der Waals surface area contributed by atoms with Gasteiger partial charge in [0, 0.05) is 14.4 Å². The summed E-state index contributed by atoms with van der Waals surface area (Å²) in [6.45, 7) is 7.18. The predicted molar refractivity (Wildman–Crippen MR) is 58.7 cm³/mol. The number of unbranched alkanes of at least 4 members (excludes halogenated alkanes) is 3. The van der Waals surface area contributed by atoms with Crippen molar-refractivity contribution in [1.82, 2.24) is 5.32 Å². The van der Waals surface area contributed by atoms with Gasteiger partial charge in [-0.2, -0.15) is 0 Å². The number of rotatable bonds is 7. The van der Waals surface area contributed by atoms with Gasteiger partial charge in [0.1, 0.15) is 0 Å². The molecule has 80 valence electrons. The molecular weight excluding hydrogens is 162 g/mol. The van der Waals surface area contributed by atoms with Crippen LogP contribution in [0.15, 0.2) is 0 Å². The van der Waals surface area contributed by atoms with Crippen molar-refractivity contribution in [2.24, 2.45) is 5.92 Å². The highest BCUT2D eigenvalue weighted by atomic mass is 16.1. The Morgan fingerprint density at radius 2 is 2.00 bits per heavy atom. The molecule has 0 rings (SSSR count). The van der Waals surface area contributed by atoms with Crippen LogP contribution in [0.25, 0.3) is 0 Å². The molecule has 0 radical (unpaired) electrons. The van der Waals surface area contributed by atoms with E-state index < -0.39 is 0 Å². The summed E-state index contributed by atoms with van der Waals surface area (Å²) in [6, 6.07) is 0. The second-order valence-electron chi connectivity index (χ2n) is 4.01. The van der Waals surface area contributed by atoms with Gasteiger partial charge in [-0.25, -0.2) is 0 Å². The highest BCUT2D eigenvalue weighted by Crippen LogP contribution is 1.99. The zero-order valence-corrected chi connectivity index (χ0v) is 9.23. The molecule has 2 heteroatoms. The molecule has 13 heavy (non-hydrogen) atoms. The number of hydrogen-bond donors (Lipinski definition) is 1. The van der Waals surface area contributed by atoms with Crippen LogP contribution in [0.2, 0.25) is 0 Å². The largest absolute Gasteiger partial charge is 0.356 e. The van der Waals surface area contributed by atoms with Crippen LogP contribution in [0.1, 0.15) is 54.3 Å². The van der Waals surface area contributed by atoms with E-state index >= 15 is 0 Å². The van der Waals surface area contributed by atoms with E-state index in [-0.39, 0.29) is 7.33 Å². The number of amides is 1. The van der Waals surface area contributed by atoms with Gasteiger partial charge < -0.3 is 5.32 Å². The molecule has 0 aromatic carbocycles. The molecule has 0 unspecified atom stereocenters. The summed E-state index contributed by atoms with van der Waals surface area (Å²) in [5.74, 6) is 0.669. The Morgan fingerprint density at radius 1 is 1.31 bits per heavy atom. The number of carbonyl (C=O) groups excluding carboxylic acids is 1. The lowest BCUT2D eigenvalue weighted by Gasteiger charge is -2.06. The molecule has 0 bridgehead atoms. The monoisotopic (exact) mass is 187 g/mol. The van der Waals surface area contributed by atoms with Crippen molar-refractivity contribution >= 4 is 5.91 Å². The van der Waals surface area contributed by atoms with E-state index in [9.17, 15) is 4.79 Å². The lowest BCUT2D eigenvalue weighted by molar-refractivity contribution is -0.121. The van der Waals surface area contributed by atoms with E-state index in [2.05, 4.69) is 26.1 Å². The number of carbonyl (C=O) groups is 1. The Morgan fingerprint density at radius 3 is 2.54 bits per heavy atom. The summed E-state index contributed by atoms with van der Waals surface area (Å²) in [7, 11) is 0. The van der Waals surface area contributed by atoms with Gasteiger partial charge in [0.25, 0.3) is 0 Å². The van der Waals surface area contributed by atoms with Crippen LogP contribution in [0, 0.1) is 5.92 Å².